The van der Waals surface area contributed by atoms with Crippen LogP contribution in [-0.2, 0) is 16.9 Å². The summed E-state index contributed by atoms with van der Waals surface area (Å²) in [5, 5.41) is 20.0. The Bertz CT molecular complexity index is 856. The third-order valence-corrected chi connectivity index (χ3v) is 4.44. The van der Waals surface area contributed by atoms with Crippen molar-refractivity contribution >= 4 is 17.6 Å². The first kappa shape index (κ1) is 23.5. The standard InChI is InChI=1S/C23H34N4O3/c1-6-24-22(26-15-23(5,29)20-11-10-17(4)30-20)25-14-18-8-7-9-19(13-18)27-21(28)12-16(2)3/h7-11,13,16,29H,6,12,14-15H2,1-5H3,(H,27,28)(H2,24,25,26). The molecule has 1 aromatic carbocycles. The molecule has 2 aromatic rings. The Morgan fingerprint density at radius 1 is 1.23 bits per heavy atom. The first-order valence-electron chi connectivity index (χ1n) is 10.4. The zero-order chi connectivity index (χ0) is 22.1. The molecular weight excluding hydrogens is 380 g/mol. The maximum atomic E-state index is 12.0. The fraction of sp³-hybridized carbons (Fsp3) is 0.478. The van der Waals surface area contributed by atoms with Gasteiger partial charge >= 0.3 is 0 Å². The van der Waals surface area contributed by atoms with Crippen LogP contribution in [0.1, 0.15) is 51.2 Å². The summed E-state index contributed by atoms with van der Waals surface area (Å²) in [6, 6.07) is 11.3. The molecule has 30 heavy (non-hydrogen) atoms. The van der Waals surface area contributed by atoms with E-state index in [1.807, 2.05) is 58.0 Å². The largest absolute Gasteiger partial charge is 0.463 e. The van der Waals surface area contributed by atoms with Gasteiger partial charge in [0.2, 0.25) is 5.91 Å². The number of nitrogens with zero attached hydrogens (tertiary/aromatic N) is 1. The molecule has 0 aliphatic heterocycles. The molecule has 0 saturated heterocycles. The molecule has 1 unspecified atom stereocenters. The lowest BCUT2D eigenvalue weighted by atomic mass is 10.0. The molecule has 1 aromatic heterocycles. The van der Waals surface area contributed by atoms with Crippen molar-refractivity contribution < 1.29 is 14.3 Å². The number of benzene rings is 1. The zero-order valence-corrected chi connectivity index (χ0v) is 18.6. The van der Waals surface area contributed by atoms with E-state index in [1.165, 1.54) is 0 Å². The number of furan rings is 1. The molecule has 7 heteroatoms. The van der Waals surface area contributed by atoms with E-state index in [0.717, 1.165) is 17.0 Å². The molecule has 7 nitrogen and oxygen atoms in total. The van der Waals surface area contributed by atoms with Crippen LogP contribution in [0.2, 0.25) is 0 Å². The monoisotopic (exact) mass is 414 g/mol. The predicted molar refractivity (Wildman–Crippen MR) is 120 cm³/mol. The minimum atomic E-state index is -1.16. The Hall–Kier alpha value is -2.80. The molecule has 164 valence electrons. The Labute approximate surface area is 179 Å². The Kier molecular flexibility index (Phi) is 8.47. The number of rotatable bonds is 9. The summed E-state index contributed by atoms with van der Waals surface area (Å²) in [4.78, 5) is 16.6. The number of aryl methyl sites for hydroxylation is 1. The Morgan fingerprint density at radius 2 is 2.00 bits per heavy atom. The van der Waals surface area contributed by atoms with E-state index in [0.29, 0.717) is 37.1 Å². The minimum absolute atomic E-state index is 0.0102. The molecular formula is C23H34N4O3. The predicted octanol–water partition coefficient (Wildman–Crippen LogP) is 3.54. The van der Waals surface area contributed by atoms with E-state index in [9.17, 15) is 9.90 Å². The second-order valence-electron chi connectivity index (χ2n) is 8.08. The van der Waals surface area contributed by atoms with Crippen LogP contribution < -0.4 is 16.0 Å². The van der Waals surface area contributed by atoms with Gasteiger partial charge in [-0.15, -0.1) is 0 Å². The summed E-state index contributed by atoms with van der Waals surface area (Å²) >= 11 is 0. The van der Waals surface area contributed by atoms with Gasteiger partial charge in [0.1, 0.15) is 17.1 Å². The third-order valence-electron chi connectivity index (χ3n) is 4.44. The normalized spacial score (nSPS) is 13.8. The van der Waals surface area contributed by atoms with Crippen molar-refractivity contribution in [2.75, 3.05) is 18.4 Å². The van der Waals surface area contributed by atoms with Crippen molar-refractivity contribution in [3.8, 4) is 0 Å². The van der Waals surface area contributed by atoms with Crippen LogP contribution >= 0.6 is 0 Å². The van der Waals surface area contributed by atoms with Crippen LogP contribution in [0.4, 0.5) is 5.69 Å². The minimum Gasteiger partial charge on any atom is -0.463 e. The molecule has 2 rings (SSSR count). The van der Waals surface area contributed by atoms with Crippen molar-refractivity contribution in [3.05, 3.63) is 53.5 Å². The first-order valence-corrected chi connectivity index (χ1v) is 10.4. The second-order valence-corrected chi connectivity index (χ2v) is 8.08. The second kappa shape index (κ2) is 10.8. The summed E-state index contributed by atoms with van der Waals surface area (Å²) in [6.07, 6.45) is 0.492. The summed E-state index contributed by atoms with van der Waals surface area (Å²) in [5.41, 5.74) is 0.579. The van der Waals surface area contributed by atoms with Crippen molar-refractivity contribution in [3.63, 3.8) is 0 Å². The number of hydrogen-bond acceptors (Lipinski definition) is 4. The summed E-state index contributed by atoms with van der Waals surface area (Å²) in [5.74, 6) is 2.18. The summed E-state index contributed by atoms with van der Waals surface area (Å²) < 4.78 is 5.55. The van der Waals surface area contributed by atoms with Gasteiger partial charge in [-0.2, -0.15) is 0 Å². The number of guanidine groups is 1. The molecule has 0 aliphatic carbocycles. The average Bonchev–Trinajstić information content (AvgIpc) is 3.11. The van der Waals surface area contributed by atoms with Crippen LogP contribution in [0.25, 0.3) is 0 Å². The van der Waals surface area contributed by atoms with Crippen LogP contribution in [0, 0.1) is 12.8 Å². The highest BCUT2D eigenvalue weighted by atomic mass is 16.4. The summed E-state index contributed by atoms with van der Waals surface area (Å²) in [7, 11) is 0. The maximum absolute atomic E-state index is 12.0. The number of nitrogens with one attached hydrogen (secondary N) is 3. The van der Waals surface area contributed by atoms with Crippen LogP contribution in [0.15, 0.2) is 45.8 Å². The van der Waals surface area contributed by atoms with Crippen molar-refractivity contribution in [2.45, 2.75) is 53.2 Å². The molecule has 4 N–H and O–H groups in total. The molecule has 1 amide bonds. The number of carbonyl (C=O) groups is 1. The average molecular weight is 415 g/mol. The topological polar surface area (TPSA) is 98.9 Å². The summed E-state index contributed by atoms with van der Waals surface area (Å²) in [6.45, 7) is 10.9. The first-order chi connectivity index (χ1) is 14.2. The molecule has 0 radical (unpaired) electrons. The van der Waals surface area contributed by atoms with E-state index in [-0.39, 0.29) is 12.5 Å². The highest BCUT2D eigenvalue weighted by Gasteiger charge is 2.27. The van der Waals surface area contributed by atoms with E-state index in [2.05, 4.69) is 20.9 Å². The zero-order valence-electron chi connectivity index (χ0n) is 18.6. The highest BCUT2D eigenvalue weighted by molar-refractivity contribution is 5.90. The molecule has 0 bridgehead atoms. The van der Waals surface area contributed by atoms with Crippen molar-refractivity contribution in [1.82, 2.24) is 10.6 Å². The smallest absolute Gasteiger partial charge is 0.224 e. The van der Waals surface area contributed by atoms with Gasteiger partial charge in [-0.1, -0.05) is 26.0 Å². The van der Waals surface area contributed by atoms with E-state index in [4.69, 9.17) is 4.42 Å². The molecule has 0 saturated carbocycles. The molecule has 1 heterocycles. The lowest BCUT2D eigenvalue weighted by molar-refractivity contribution is -0.116. The molecule has 0 fully saturated rings. The van der Waals surface area contributed by atoms with Gasteiger partial charge in [0, 0.05) is 18.7 Å². The molecule has 0 spiro atoms. The van der Waals surface area contributed by atoms with Gasteiger partial charge in [-0.3, -0.25) is 4.79 Å². The SMILES string of the molecule is CCNC(=NCc1cccc(NC(=O)CC(C)C)c1)NCC(C)(O)c1ccc(C)o1. The fourth-order valence-corrected chi connectivity index (χ4v) is 2.91. The highest BCUT2D eigenvalue weighted by Crippen LogP contribution is 2.22. The van der Waals surface area contributed by atoms with Crippen molar-refractivity contribution in [2.24, 2.45) is 10.9 Å². The van der Waals surface area contributed by atoms with Gasteiger partial charge in [0.05, 0.1) is 13.1 Å². The van der Waals surface area contributed by atoms with Gasteiger partial charge < -0.3 is 25.5 Å². The van der Waals surface area contributed by atoms with Gasteiger partial charge in [0.25, 0.3) is 0 Å². The molecule has 0 aliphatic rings. The number of hydrogen-bond donors (Lipinski definition) is 4. The van der Waals surface area contributed by atoms with Gasteiger partial charge in [-0.05, 0) is 56.5 Å². The van der Waals surface area contributed by atoms with Crippen LogP contribution in [0.5, 0.6) is 0 Å². The lowest BCUT2D eigenvalue weighted by Crippen LogP contribution is -2.44. The Morgan fingerprint density at radius 3 is 2.63 bits per heavy atom. The number of carbonyl (C=O) groups excluding carboxylic acids is 1. The van der Waals surface area contributed by atoms with Crippen LogP contribution in [-0.4, -0.2) is 30.1 Å². The number of aliphatic imine (C=N–C) groups is 1. The Balaban J connectivity index is 2.00. The number of amides is 1. The molecule has 1 atom stereocenters. The third kappa shape index (κ3) is 7.55. The quantitative estimate of drug-likeness (QED) is 0.372. The fourth-order valence-electron chi connectivity index (χ4n) is 2.91. The van der Waals surface area contributed by atoms with E-state index >= 15 is 0 Å². The van der Waals surface area contributed by atoms with E-state index < -0.39 is 5.60 Å². The maximum Gasteiger partial charge on any atom is 0.224 e. The number of anilines is 1. The van der Waals surface area contributed by atoms with Crippen LogP contribution in [0.3, 0.4) is 0 Å². The van der Waals surface area contributed by atoms with Gasteiger partial charge in [0.15, 0.2) is 5.96 Å². The lowest BCUT2D eigenvalue weighted by Gasteiger charge is -2.22. The van der Waals surface area contributed by atoms with E-state index in [1.54, 1.807) is 13.0 Å². The van der Waals surface area contributed by atoms with Gasteiger partial charge in [-0.25, -0.2) is 4.99 Å². The van der Waals surface area contributed by atoms with Crippen molar-refractivity contribution in [1.29, 1.82) is 0 Å². The number of aliphatic hydroxyl groups is 1.